The lowest BCUT2D eigenvalue weighted by Gasteiger charge is -2.10. The fraction of sp³-hybridized carbons (Fsp3) is 0.389. The van der Waals surface area contributed by atoms with Crippen LogP contribution in [0, 0.1) is 0 Å². The van der Waals surface area contributed by atoms with Crippen LogP contribution in [0.5, 0.6) is 0 Å². The van der Waals surface area contributed by atoms with Crippen molar-refractivity contribution in [1.29, 1.82) is 0 Å². The van der Waals surface area contributed by atoms with Crippen molar-refractivity contribution in [2.75, 3.05) is 13.1 Å². The van der Waals surface area contributed by atoms with E-state index >= 15 is 0 Å². The van der Waals surface area contributed by atoms with E-state index in [2.05, 4.69) is 41.0 Å². The van der Waals surface area contributed by atoms with Gasteiger partial charge in [-0.3, -0.25) is 0 Å². The van der Waals surface area contributed by atoms with Crippen LogP contribution in [-0.4, -0.2) is 30.3 Å². The predicted molar refractivity (Wildman–Crippen MR) is 90.0 cm³/mol. The largest absolute Gasteiger partial charge is 0.393 e. The van der Waals surface area contributed by atoms with E-state index < -0.39 is 0 Å². The highest BCUT2D eigenvalue weighted by atomic mass is 16.3. The average molecular weight is 300 g/mol. The standard InChI is InChI=1S/C18H24N2O2/c1-2-17(21)10-12-20-18(22)19-11-9-14-7-8-15-5-3-4-6-16(15)13-14/h3-8,13,17,21H,2,9-12H2,1H3,(H2,19,20,22). The summed E-state index contributed by atoms with van der Waals surface area (Å²) in [5.74, 6) is 0. The number of urea groups is 1. The molecule has 2 rings (SSSR count). The van der Waals surface area contributed by atoms with Gasteiger partial charge in [0, 0.05) is 13.1 Å². The number of aliphatic hydroxyl groups excluding tert-OH is 1. The molecule has 118 valence electrons. The fourth-order valence-electron chi connectivity index (χ4n) is 2.33. The summed E-state index contributed by atoms with van der Waals surface area (Å²) < 4.78 is 0. The number of benzene rings is 2. The third-order valence-electron chi connectivity index (χ3n) is 3.75. The maximum absolute atomic E-state index is 11.6. The molecular weight excluding hydrogens is 276 g/mol. The van der Waals surface area contributed by atoms with Crippen LogP contribution in [0.1, 0.15) is 25.3 Å². The van der Waals surface area contributed by atoms with Gasteiger partial charge in [-0.1, -0.05) is 49.4 Å². The summed E-state index contributed by atoms with van der Waals surface area (Å²) in [6.07, 6.45) is 1.77. The molecule has 3 N–H and O–H groups in total. The molecule has 0 spiro atoms. The number of amides is 2. The maximum atomic E-state index is 11.6. The Balaban J connectivity index is 1.72. The Bertz CT molecular complexity index is 613. The number of carbonyl (C=O) groups excluding carboxylic acids is 1. The lowest BCUT2D eigenvalue weighted by atomic mass is 10.1. The number of hydrogen-bond donors (Lipinski definition) is 3. The van der Waals surface area contributed by atoms with Gasteiger partial charge >= 0.3 is 6.03 Å². The summed E-state index contributed by atoms with van der Waals surface area (Å²) in [7, 11) is 0. The van der Waals surface area contributed by atoms with Gasteiger partial charge in [0.05, 0.1) is 6.10 Å². The molecule has 0 saturated carbocycles. The molecule has 0 saturated heterocycles. The lowest BCUT2D eigenvalue weighted by Crippen LogP contribution is -2.37. The number of fused-ring (bicyclic) bond motifs is 1. The smallest absolute Gasteiger partial charge is 0.314 e. The van der Waals surface area contributed by atoms with Crippen molar-refractivity contribution >= 4 is 16.8 Å². The molecular formula is C18H24N2O2. The van der Waals surface area contributed by atoms with Gasteiger partial charge in [0.2, 0.25) is 0 Å². The minimum absolute atomic E-state index is 0.177. The second kappa shape index (κ2) is 8.39. The zero-order valence-corrected chi connectivity index (χ0v) is 13.0. The zero-order chi connectivity index (χ0) is 15.8. The van der Waals surface area contributed by atoms with Crippen molar-refractivity contribution in [1.82, 2.24) is 10.6 Å². The van der Waals surface area contributed by atoms with Gasteiger partial charge in [-0.15, -0.1) is 0 Å². The molecule has 1 atom stereocenters. The summed E-state index contributed by atoms with van der Waals surface area (Å²) in [6, 6.07) is 14.4. The van der Waals surface area contributed by atoms with Crippen molar-refractivity contribution < 1.29 is 9.90 Å². The number of hydrogen-bond acceptors (Lipinski definition) is 2. The van der Waals surface area contributed by atoms with Crippen molar-refractivity contribution in [2.24, 2.45) is 0 Å². The molecule has 4 nitrogen and oxygen atoms in total. The highest BCUT2D eigenvalue weighted by Gasteiger charge is 2.03. The summed E-state index contributed by atoms with van der Waals surface area (Å²) in [5.41, 5.74) is 1.21. The Hall–Kier alpha value is -2.07. The summed E-state index contributed by atoms with van der Waals surface area (Å²) in [4.78, 5) is 11.6. The summed E-state index contributed by atoms with van der Waals surface area (Å²) >= 11 is 0. The SMILES string of the molecule is CCC(O)CCNC(=O)NCCc1ccc2ccccc2c1. The van der Waals surface area contributed by atoms with Crippen LogP contribution in [0.15, 0.2) is 42.5 Å². The number of carbonyl (C=O) groups is 1. The Morgan fingerprint density at radius 3 is 2.59 bits per heavy atom. The van der Waals surface area contributed by atoms with Crippen LogP contribution in [0.4, 0.5) is 4.79 Å². The average Bonchev–Trinajstić information content (AvgIpc) is 2.54. The molecule has 0 aliphatic carbocycles. The van der Waals surface area contributed by atoms with E-state index in [9.17, 15) is 9.90 Å². The third kappa shape index (κ3) is 5.04. The van der Waals surface area contributed by atoms with Gasteiger partial charge in [0.25, 0.3) is 0 Å². The molecule has 0 bridgehead atoms. The molecule has 2 aromatic rings. The molecule has 22 heavy (non-hydrogen) atoms. The second-order valence-corrected chi connectivity index (χ2v) is 5.46. The lowest BCUT2D eigenvalue weighted by molar-refractivity contribution is 0.160. The highest BCUT2D eigenvalue weighted by Crippen LogP contribution is 2.15. The van der Waals surface area contributed by atoms with Crippen LogP contribution >= 0.6 is 0 Å². The highest BCUT2D eigenvalue weighted by molar-refractivity contribution is 5.83. The summed E-state index contributed by atoms with van der Waals surface area (Å²) in [6.45, 7) is 3.02. The number of nitrogens with one attached hydrogen (secondary N) is 2. The van der Waals surface area contributed by atoms with E-state index in [0.717, 1.165) is 6.42 Å². The topological polar surface area (TPSA) is 61.4 Å². The quantitative estimate of drug-likeness (QED) is 0.736. The van der Waals surface area contributed by atoms with Gasteiger partial charge in [-0.2, -0.15) is 0 Å². The van der Waals surface area contributed by atoms with Gasteiger partial charge in [0.15, 0.2) is 0 Å². The molecule has 0 heterocycles. The normalized spacial score (nSPS) is 12.1. The Kier molecular flexibility index (Phi) is 6.22. The fourth-order valence-corrected chi connectivity index (χ4v) is 2.33. The van der Waals surface area contributed by atoms with E-state index in [-0.39, 0.29) is 12.1 Å². The van der Waals surface area contributed by atoms with E-state index in [0.29, 0.717) is 25.9 Å². The third-order valence-corrected chi connectivity index (χ3v) is 3.75. The first kappa shape index (κ1) is 16.3. The molecule has 0 radical (unpaired) electrons. The van der Waals surface area contributed by atoms with Crippen molar-refractivity contribution in [2.45, 2.75) is 32.3 Å². The van der Waals surface area contributed by atoms with E-state index in [4.69, 9.17) is 0 Å². The molecule has 1 unspecified atom stereocenters. The molecule has 0 fully saturated rings. The Labute approximate surface area is 131 Å². The minimum Gasteiger partial charge on any atom is -0.393 e. The predicted octanol–water partition coefficient (Wildman–Crippen LogP) is 2.84. The number of aliphatic hydroxyl groups is 1. The molecule has 2 amide bonds. The first-order chi connectivity index (χ1) is 10.7. The van der Waals surface area contributed by atoms with Crippen LogP contribution in [0.25, 0.3) is 10.8 Å². The maximum Gasteiger partial charge on any atom is 0.314 e. The van der Waals surface area contributed by atoms with Gasteiger partial charge in [-0.05, 0) is 35.6 Å². The second-order valence-electron chi connectivity index (χ2n) is 5.46. The Morgan fingerprint density at radius 2 is 1.82 bits per heavy atom. The molecule has 2 aromatic carbocycles. The first-order valence-corrected chi connectivity index (χ1v) is 7.86. The molecule has 0 aliphatic heterocycles. The molecule has 4 heteroatoms. The Morgan fingerprint density at radius 1 is 1.09 bits per heavy atom. The van der Waals surface area contributed by atoms with Crippen LogP contribution in [0.2, 0.25) is 0 Å². The minimum atomic E-state index is -0.335. The van der Waals surface area contributed by atoms with Crippen LogP contribution in [-0.2, 0) is 6.42 Å². The van der Waals surface area contributed by atoms with Gasteiger partial charge < -0.3 is 15.7 Å². The van der Waals surface area contributed by atoms with Gasteiger partial charge in [0.1, 0.15) is 0 Å². The first-order valence-electron chi connectivity index (χ1n) is 7.86. The van der Waals surface area contributed by atoms with Crippen LogP contribution in [0.3, 0.4) is 0 Å². The molecule has 0 aromatic heterocycles. The van der Waals surface area contributed by atoms with E-state index in [1.54, 1.807) is 0 Å². The van der Waals surface area contributed by atoms with E-state index in [1.165, 1.54) is 16.3 Å². The molecule has 0 aliphatic rings. The summed E-state index contributed by atoms with van der Waals surface area (Å²) in [5, 5.41) is 17.5. The van der Waals surface area contributed by atoms with Crippen molar-refractivity contribution in [3.8, 4) is 0 Å². The van der Waals surface area contributed by atoms with E-state index in [1.807, 2.05) is 19.1 Å². The van der Waals surface area contributed by atoms with Crippen molar-refractivity contribution in [3.63, 3.8) is 0 Å². The van der Waals surface area contributed by atoms with Crippen molar-refractivity contribution in [3.05, 3.63) is 48.0 Å². The van der Waals surface area contributed by atoms with Crippen LogP contribution < -0.4 is 10.6 Å². The zero-order valence-electron chi connectivity index (χ0n) is 13.0. The number of rotatable bonds is 7. The van der Waals surface area contributed by atoms with Gasteiger partial charge in [-0.25, -0.2) is 4.79 Å². The monoisotopic (exact) mass is 300 g/mol.